The fourth-order valence-electron chi connectivity index (χ4n) is 0.739. The smallest absolute Gasteiger partial charge is 0.0950 e. The molecule has 0 aliphatic heterocycles. The van der Waals surface area contributed by atoms with E-state index in [1.807, 2.05) is 30.4 Å². The van der Waals surface area contributed by atoms with Gasteiger partial charge in [0.15, 0.2) is 0 Å². The Morgan fingerprint density at radius 2 is 2.00 bits per heavy atom. The van der Waals surface area contributed by atoms with Crippen LogP contribution in [0.5, 0.6) is 0 Å². The molecular weight excluding hydrogens is 110 g/mol. The van der Waals surface area contributed by atoms with Crippen molar-refractivity contribution in [2.45, 2.75) is 0 Å². The van der Waals surface area contributed by atoms with Crippen LogP contribution in [0.1, 0.15) is 0 Å². The molecule has 0 N–H and O–H groups in total. The lowest BCUT2D eigenvalue weighted by Crippen LogP contribution is -1.89. The molecule has 1 aliphatic carbocycles. The van der Waals surface area contributed by atoms with Gasteiger partial charge in [-0.05, 0) is 0 Å². The van der Waals surface area contributed by atoms with Crippen molar-refractivity contribution in [1.29, 1.82) is 5.26 Å². The van der Waals surface area contributed by atoms with E-state index in [0.717, 1.165) is 0 Å². The third-order valence-corrected chi connectivity index (χ3v) is 1.29. The minimum absolute atomic E-state index is 0.162. The first-order valence-corrected chi connectivity index (χ1v) is 2.78. The quantitative estimate of drug-likeness (QED) is 0.480. The summed E-state index contributed by atoms with van der Waals surface area (Å²) in [7, 11) is 0. The second-order valence-corrected chi connectivity index (χ2v) is 1.93. The highest BCUT2D eigenvalue weighted by Gasteiger charge is 2.05. The number of nitrogens with zero attached hydrogens (tertiary/aromatic N) is 1. The van der Waals surface area contributed by atoms with E-state index in [1.54, 1.807) is 0 Å². The van der Waals surface area contributed by atoms with Crippen LogP contribution >= 0.6 is 0 Å². The number of allylic oxidation sites excluding steroid dienone is 5. The highest BCUT2D eigenvalue weighted by molar-refractivity contribution is 5.34. The van der Waals surface area contributed by atoms with Crippen LogP contribution in [0, 0.1) is 17.2 Å². The first kappa shape index (κ1) is 5.84. The molecule has 44 valence electrons. The van der Waals surface area contributed by atoms with Crippen molar-refractivity contribution in [3.05, 3.63) is 36.5 Å². The number of rotatable bonds is 1. The SMILES string of the molecule is C=C(C#N)C1C=CC=C1. The van der Waals surface area contributed by atoms with Crippen molar-refractivity contribution in [3.63, 3.8) is 0 Å². The van der Waals surface area contributed by atoms with Crippen LogP contribution in [-0.4, -0.2) is 0 Å². The Bertz CT molecular complexity index is 203. The summed E-state index contributed by atoms with van der Waals surface area (Å²) in [6, 6.07) is 2.01. The molecule has 9 heavy (non-hydrogen) atoms. The molecule has 1 heteroatoms. The molecule has 0 unspecified atom stereocenters. The molecule has 0 saturated carbocycles. The lowest BCUT2D eigenvalue weighted by molar-refractivity contribution is 1.04. The predicted octanol–water partition coefficient (Wildman–Crippen LogP) is 1.81. The second kappa shape index (κ2) is 2.32. The molecule has 0 bridgehead atoms. The van der Waals surface area contributed by atoms with Crippen molar-refractivity contribution >= 4 is 0 Å². The fraction of sp³-hybridized carbons (Fsp3) is 0.125. The van der Waals surface area contributed by atoms with Gasteiger partial charge in [-0.25, -0.2) is 0 Å². The molecular formula is C8H7N. The van der Waals surface area contributed by atoms with Crippen molar-refractivity contribution in [2.75, 3.05) is 0 Å². The Balaban J connectivity index is 2.67. The minimum Gasteiger partial charge on any atom is -0.193 e. The normalized spacial score (nSPS) is 15.9. The van der Waals surface area contributed by atoms with Gasteiger partial charge in [-0.3, -0.25) is 0 Å². The van der Waals surface area contributed by atoms with Gasteiger partial charge in [0.25, 0.3) is 0 Å². The van der Waals surface area contributed by atoms with E-state index in [9.17, 15) is 0 Å². The van der Waals surface area contributed by atoms with Crippen LogP contribution < -0.4 is 0 Å². The number of nitriles is 1. The van der Waals surface area contributed by atoms with Gasteiger partial charge >= 0.3 is 0 Å². The highest BCUT2D eigenvalue weighted by Crippen LogP contribution is 2.15. The largest absolute Gasteiger partial charge is 0.193 e. The standard InChI is InChI=1S/C8H7N/c1-7(6-9)8-4-2-3-5-8/h2-5,8H,1H2. The van der Waals surface area contributed by atoms with Crippen LogP contribution in [0.15, 0.2) is 36.5 Å². The average Bonchev–Trinajstić information content (AvgIpc) is 2.37. The summed E-state index contributed by atoms with van der Waals surface area (Å²) < 4.78 is 0. The van der Waals surface area contributed by atoms with Crippen LogP contribution in [0.4, 0.5) is 0 Å². The zero-order valence-electron chi connectivity index (χ0n) is 5.04. The maximum absolute atomic E-state index is 8.38. The van der Waals surface area contributed by atoms with E-state index in [0.29, 0.717) is 5.57 Å². The van der Waals surface area contributed by atoms with Gasteiger partial charge in [-0.2, -0.15) is 5.26 Å². The topological polar surface area (TPSA) is 23.8 Å². The van der Waals surface area contributed by atoms with Crippen molar-refractivity contribution < 1.29 is 0 Å². The van der Waals surface area contributed by atoms with E-state index in [4.69, 9.17) is 5.26 Å². The van der Waals surface area contributed by atoms with Gasteiger partial charge in [-0.1, -0.05) is 30.9 Å². The summed E-state index contributed by atoms with van der Waals surface area (Å²) in [5, 5.41) is 8.38. The average molecular weight is 117 g/mol. The number of hydrogen-bond acceptors (Lipinski definition) is 1. The minimum atomic E-state index is 0.162. The van der Waals surface area contributed by atoms with Crippen LogP contribution in [-0.2, 0) is 0 Å². The van der Waals surface area contributed by atoms with Gasteiger partial charge in [0.05, 0.1) is 6.07 Å². The van der Waals surface area contributed by atoms with Crippen LogP contribution in [0.25, 0.3) is 0 Å². The summed E-state index contributed by atoms with van der Waals surface area (Å²) in [4.78, 5) is 0. The summed E-state index contributed by atoms with van der Waals surface area (Å²) in [5.74, 6) is 0.162. The van der Waals surface area contributed by atoms with Gasteiger partial charge in [0.2, 0.25) is 0 Å². The van der Waals surface area contributed by atoms with Crippen molar-refractivity contribution in [2.24, 2.45) is 5.92 Å². The summed E-state index contributed by atoms with van der Waals surface area (Å²) >= 11 is 0. The Morgan fingerprint density at radius 3 is 2.44 bits per heavy atom. The molecule has 0 aromatic rings. The van der Waals surface area contributed by atoms with Gasteiger partial charge < -0.3 is 0 Å². The Hall–Kier alpha value is -1.29. The lowest BCUT2D eigenvalue weighted by atomic mass is 10.0. The molecule has 0 spiro atoms. The summed E-state index contributed by atoms with van der Waals surface area (Å²) in [6.07, 6.45) is 7.75. The van der Waals surface area contributed by atoms with Gasteiger partial charge in [-0.15, -0.1) is 0 Å². The first-order valence-electron chi connectivity index (χ1n) is 2.78. The monoisotopic (exact) mass is 117 g/mol. The maximum Gasteiger partial charge on any atom is 0.0950 e. The molecule has 0 heterocycles. The molecule has 0 fully saturated rings. The molecule has 1 aliphatic rings. The second-order valence-electron chi connectivity index (χ2n) is 1.93. The van der Waals surface area contributed by atoms with E-state index < -0.39 is 0 Å². The van der Waals surface area contributed by atoms with E-state index in [1.165, 1.54) is 0 Å². The molecule has 0 saturated heterocycles. The Kier molecular flexibility index (Phi) is 1.51. The van der Waals surface area contributed by atoms with E-state index >= 15 is 0 Å². The zero-order valence-corrected chi connectivity index (χ0v) is 5.04. The predicted molar refractivity (Wildman–Crippen MR) is 36.5 cm³/mol. The fourth-order valence-corrected chi connectivity index (χ4v) is 0.739. The highest BCUT2D eigenvalue weighted by atomic mass is 14.3. The zero-order chi connectivity index (χ0) is 6.69. The third kappa shape index (κ3) is 1.09. The Labute approximate surface area is 54.6 Å². The summed E-state index contributed by atoms with van der Waals surface area (Å²) in [5.41, 5.74) is 0.611. The molecule has 1 rings (SSSR count). The molecule has 0 aromatic heterocycles. The molecule has 0 radical (unpaired) electrons. The molecule has 0 aromatic carbocycles. The van der Waals surface area contributed by atoms with E-state index in [-0.39, 0.29) is 5.92 Å². The molecule has 0 atom stereocenters. The van der Waals surface area contributed by atoms with Crippen LogP contribution in [0.2, 0.25) is 0 Å². The lowest BCUT2D eigenvalue weighted by Gasteiger charge is -1.96. The van der Waals surface area contributed by atoms with Gasteiger partial charge in [0, 0.05) is 11.5 Å². The Morgan fingerprint density at radius 1 is 1.44 bits per heavy atom. The third-order valence-electron chi connectivity index (χ3n) is 1.29. The van der Waals surface area contributed by atoms with Crippen molar-refractivity contribution in [3.8, 4) is 6.07 Å². The van der Waals surface area contributed by atoms with Crippen LogP contribution in [0.3, 0.4) is 0 Å². The summed E-state index contributed by atoms with van der Waals surface area (Å²) in [6.45, 7) is 3.59. The number of hydrogen-bond donors (Lipinski definition) is 0. The first-order chi connectivity index (χ1) is 4.34. The molecule has 1 nitrogen and oxygen atoms in total. The maximum atomic E-state index is 8.38. The molecule has 0 amide bonds. The van der Waals surface area contributed by atoms with Crippen molar-refractivity contribution in [1.82, 2.24) is 0 Å². The van der Waals surface area contributed by atoms with Gasteiger partial charge in [0.1, 0.15) is 0 Å². The van der Waals surface area contributed by atoms with E-state index in [2.05, 4.69) is 6.58 Å².